The summed E-state index contributed by atoms with van der Waals surface area (Å²) in [5.74, 6) is 5.90. The van der Waals surface area contributed by atoms with Gasteiger partial charge in [-0.25, -0.2) is 0 Å². The maximum atomic E-state index is 9.95. The summed E-state index contributed by atoms with van der Waals surface area (Å²) in [5.41, 5.74) is -0.939. The van der Waals surface area contributed by atoms with E-state index >= 15 is 0 Å². The SMILES string of the molecule is CC(C)CC(C)(O)C#CC(O)CC(C)(C)C. The van der Waals surface area contributed by atoms with Crippen molar-refractivity contribution in [3.05, 3.63) is 0 Å². The van der Waals surface area contributed by atoms with Crippen molar-refractivity contribution in [1.82, 2.24) is 0 Å². The van der Waals surface area contributed by atoms with Crippen LogP contribution in [0.3, 0.4) is 0 Å². The molecule has 0 rings (SSSR count). The van der Waals surface area contributed by atoms with Crippen molar-refractivity contribution in [1.29, 1.82) is 0 Å². The molecule has 0 aromatic rings. The van der Waals surface area contributed by atoms with Crippen molar-refractivity contribution in [3.63, 3.8) is 0 Å². The van der Waals surface area contributed by atoms with Crippen LogP contribution in [-0.4, -0.2) is 21.9 Å². The van der Waals surface area contributed by atoms with Crippen LogP contribution in [-0.2, 0) is 0 Å². The molecule has 0 radical (unpaired) electrons. The van der Waals surface area contributed by atoms with Crippen molar-refractivity contribution in [3.8, 4) is 11.8 Å². The minimum atomic E-state index is -0.993. The van der Waals surface area contributed by atoms with Crippen molar-refractivity contribution >= 4 is 0 Å². The van der Waals surface area contributed by atoms with Gasteiger partial charge in [0.15, 0.2) is 0 Å². The zero-order chi connectivity index (χ0) is 13.0. The van der Waals surface area contributed by atoms with E-state index in [9.17, 15) is 10.2 Å². The molecule has 0 fully saturated rings. The molecule has 2 atom stereocenters. The molecule has 94 valence electrons. The molecular weight excluding hydrogens is 200 g/mol. The van der Waals surface area contributed by atoms with Gasteiger partial charge in [-0.1, -0.05) is 46.5 Å². The van der Waals surface area contributed by atoms with Crippen molar-refractivity contribution in [2.75, 3.05) is 0 Å². The summed E-state index contributed by atoms with van der Waals surface area (Å²) in [5, 5.41) is 19.6. The van der Waals surface area contributed by atoms with Gasteiger partial charge in [0.25, 0.3) is 0 Å². The quantitative estimate of drug-likeness (QED) is 0.726. The average molecular weight is 226 g/mol. The third-order valence-corrected chi connectivity index (χ3v) is 2.12. The van der Waals surface area contributed by atoms with E-state index < -0.39 is 11.7 Å². The van der Waals surface area contributed by atoms with Gasteiger partial charge >= 0.3 is 0 Å². The molecule has 2 N–H and O–H groups in total. The second kappa shape index (κ2) is 5.70. The molecule has 0 aromatic heterocycles. The Labute approximate surface area is 100 Å². The molecule has 0 saturated heterocycles. The first-order valence-corrected chi connectivity index (χ1v) is 5.95. The van der Waals surface area contributed by atoms with Gasteiger partial charge in [-0.05, 0) is 31.1 Å². The van der Waals surface area contributed by atoms with Crippen LogP contribution in [0, 0.1) is 23.2 Å². The number of hydrogen-bond donors (Lipinski definition) is 2. The zero-order valence-corrected chi connectivity index (χ0v) is 11.5. The highest BCUT2D eigenvalue weighted by Gasteiger charge is 2.20. The summed E-state index contributed by atoms with van der Waals surface area (Å²) in [7, 11) is 0. The van der Waals surface area contributed by atoms with Crippen LogP contribution >= 0.6 is 0 Å². The number of hydrogen-bond acceptors (Lipinski definition) is 2. The average Bonchev–Trinajstić information content (AvgIpc) is 1.95. The lowest BCUT2D eigenvalue weighted by atomic mass is 9.89. The Morgan fingerprint density at radius 2 is 1.56 bits per heavy atom. The van der Waals surface area contributed by atoms with E-state index in [1.807, 2.05) is 13.8 Å². The van der Waals surface area contributed by atoms with Crippen LogP contribution in [0.4, 0.5) is 0 Å². The summed E-state index contributed by atoms with van der Waals surface area (Å²) in [6.07, 6.45) is 0.596. The van der Waals surface area contributed by atoms with E-state index in [1.54, 1.807) is 6.92 Å². The lowest BCUT2D eigenvalue weighted by molar-refractivity contribution is 0.0962. The maximum absolute atomic E-state index is 9.95. The van der Waals surface area contributed by atoms with E-state index in [-0.39, 0.29) is 5.41 Å². The van der Waals surface area contributed by atoms with Crippen LogP contribution in [0.15, 0.2) is 0 Å². The van der Waals surface area contributed by atoms with Gasteiger partial charge in [-0.2, -0.15) is 0 Å². The van der Waals surface area contributed by atoms with Crippen LogP contribution in [0.5, 0.6) is 0 Å². The van der Waals surface area contributed by atoms with Crippen LogP contribution in [0.2, 0.25) is 0 Å². The molecule has 0 heterocycles. The Morgan fingerprint density at radius 1 is 1.06 bits per heavy atom. The molecule has 2 heteroatoms. The molecule has 2 unspecified atom stereocenters. The predicted molar refractivity (Wildman–Crippen MR) is 67.9 cm³/mol. The second-order valence-corrected chi connectivity index (χ2v) is 6.42. The molecule has 0 amide bonds. The van der Waals surface area contributed by atoms with Gasteiger partial charge in [0.05, 0.1) is 0 Å². The Morgan fingerprint density at radius 3 is 1.94 bits per heavy atom. The standard InChI is InChI=1S/C14H26O2/c1-11(2)9-14(6,16)8-7-12(15)10-13(3,4)5/h11-12,15-16H,9-10H2,1-6H3. The highest BCUT2D eigenvalue weighted by atomic mass is 16.3. The van der Waals surface area contributed by atoms with Gasteiger partial charge in [-0.15, -0.1) is 0 Å². The fourth-order valence-electron chi connectivity index (χ4n) is 1.72. The molecule has 0 saturated carbocycles. The van der Waals surface area contributed by atoms with Crippen molar-refractivity contribution in [2.45, 2.75) is 66.1 Å². The topological polar surface area (TPSA) is 40.5 Å². The third-order valence-electron chi connectivity index (χ3n) is 2.12. The van der Waals surface area contributed by atoms with Crippen molar-refractivity contribution in [2.24, 2.45) is 11.3 Å². The highest BCUT2D eigenvalue weighted by Crippen LogP contribution is 2.21. The zero-order valence-electron chi connectivity index (χ0n) is 11.5. The van der Waals surface area contributed by atoms with Gasteiger partial charge in [-0.3, -0.25) is 0 Å². The predicted octanol–water partition coefficient (Wildman–Crippen LogP) is 2.58. The Kier molecular flexibility index (Phi) is 5.52. The Balaban J connectivity index is 4.37. The minimum Gasteiger partial charge on any atom is -0.380 e. The first-order valence-electron chi connectivity index (χ1n) is 5.95. The van der Waals surface area contributed by atoms with E-state index in [1.165, 1.54) is 0 Å². The molecule has 0 aliphatic rings. The first kappa shape index (κ1) is 15.5. The second-order valence-electron chi connectivity index (χ2n) is 6.42. The molecule has 0 aliphatic carbocycles. The van der Waals surface area contributed by atoms with E-state index in [4.69, 9.17) is 0 Å². The number of rotatable bonds is 3. The number of aliphatic hydroxyl groups is 2. The van der Waals surface area contributed by atoms with Crippen molar-refractivity contribution < 1.29 is 10.2 Å². The fourth-order valence-corrected chi connectivity index (χ4v) is 1.72. The lowest BCUT2D eigenvalue weighted by Crippen LogP contribution is -2.25. The van der Waals surface area contributed by atoms with Gasteiger partial charge in [0.2, 0.25) is 0 Å². The van der Waals surface area contributed by atoms with Gasteiger partial charge in [0.1, 0.15) is 11.7 Å². The minimum absolute atomic E-state index is 0.0536. The Hall–Kier alpha value is -0.520. The van der Waals surface area contributed by atoms with Crippen LogP contribution in [0.1, 0.15) is 54.4 Å². The van der Waals surface area contributed by atoms with E-state index in [0.717, 1.165) is 0 Å². The molecule has 0 spiro atoms. The fraction of sp³-hybridized carbons (Fsp3) is 0.857. The molecule has 0 aliphatic heterocycles. The molecule has 0 aromatic carbocycles. The highest BCUT2D eigenvalue weighted by molar-refractivity contribution is 5.15. The smallest absolute Gasteiger partial charge is 0.123 e. The van der Waals surface area contributed by atoms with Gasteiger partial charge < -0.3 is 10.2 Å². The Bertz CT molecular complexity index is 261. The van der Waals surface area contributed by atoms with E-state index in [2.05, 4.69) is 32.6 Å². The summed E-state index contributed by atoms with van der Waals surface area (Å²) in [6, 6.07) is 0. The summed E-state index contributed by atoms with van der Waals surface area (Å²) >= 11 is 0. The molecular formula is C14H26O2. The summed E-state index contributed by atoms with van der Waals surface area (Å²) < 4.78 is 0. The normalized spacial score (nSPS) is 17.6. The maximum Gasteiger partial charge on any atom is 0.123 e. The van der Waals surface area contributed by atoms with E-state index in [0.29, 0.717) is 18.8 Å². The molecule has 16 heavy (non-hydrogen) atoms. The molecule has 0 bridgehead atoms. The summed E-state index contributed by atoms with van der Waals surface area (Å²) in [6.45, 7) is 12.0. The molecule has 2 nitrogen and oxygen atoms in total. The third kappa shape index (κ3) is 8.76. The first-order chi connectivity index (χ1) is 7.02. The van der Waals surface area contributed by atoms with Crippen LogP contribution < -0.4 is 0 Å². The number of aliphatic hydroxyl groups excluding tert-OH is 1. The monoisotopic (exact) mass is 226 g/mol. The largest absolute Gasteiger partial charge is 0.380 e. The van der Waals surface area contributed by atoms with Crippen LogP contribution in [0.25, 0.3) is 0 Å². The summed E-state index contributed by atoms with van der Waals surface area (Å²) in [4.78, 5) is 0. The lowest BCUT2D eigenvalue weighted by Gasteiger charge is -2.21. The van der Waals surface area contributed by atoms with Gasteiger partial charge in [0, 0.05) is 0 Å².